The van der Waals surface area contributed by atoms with E-state index in [2.05, 4.69) is 37.3 Å². The number of hydrogen-bond donors (Lipinski definition) is 0. The summed E-state index contributed by atoms with van der Waals surface area (Å²) in [7, 11) is 0. The first-order valence-corrected chi connectivity index (χ1v) is 4.29. The fourth-order valence-electron chi connectivity index (χ4n) is 1.66. The van der Waals surface area contributed by atoms with Crippen molar-refractivity contribution in [1.29, 1.82) is 0 Å². The van der Waals surface area contributed by atoms with Crippen LogP contribution in [0.3, 0.4) is 0 Å². The Hall–Kier alpha value is -0.780. The molecule has 1 unspecified atom stereocenters. The molecule has 0 aromatic heterocycles. The van der Waals surface area contributed by atoms with E-state index in [9.17, 15) is 0 Å². The molecule has 1 saturated carbocycles. The van der Waals surface area contributed by atoms with Gasteiger partial charge in [-0.05, 0) is 24.3 Å². The molecule has 0 saturated heterocycles. The highest BCUT2D eigenvalue weighted by molar-refractivity contribution is 5.34. The summed E-state index contributed by atoms with van der Waals surface area (Å²) in [6.45, 7) is 2.31. The standard InChI is InChI=1S/C11H13/c1-9-7-8-11(9)10-5-3-2-4-6-10/h2-6,9H,7-8H2,1H3. The predicted octanol–water partition coefficient (Wildman–Crippen LogP) is 3.04. The average Bonchev–Trinajstić information content (AvgIpc) is 2.04. The van der Waals surface area contributed by atoms with E-state index in [0.29, 0.717) is 0 Å². The highest BCUT2D eigenvalue weighted by Gasteiger charge is 2.28. The molecule has 11 heavy (non-hydrogen) atoms. The van der Waals surface area contributed by atoms with E-state index in [4.69, 9.17) is 0 Å². The summed E-state index contributed by atoms with van der Waals surface area (Å²) in [6, 6.07) is 10.7. The monoisotopic (exact) mass is 145 g/mol. The first kappa shape index (κ1) is 6.90. The van der Waals surface area contributed by atoms with E-state index in [0.717, 1.165) is 5.92 Å². The van der Waals surface area contributed by atoms with E-state index >= 15 is 0 Å². The Morgan fingerprint density at radius 2 is 1.91 bits per heavy atom. The Balaban J connectivity index is 2.17. The van der Waals surface area contributed by atoms with Gasteiger partial charge in [-0.3, -0.25) is 0 Å². The number of rotatable bonds is 1. The molecule has 1 aromatic carbocycles. The zero-order valence-corrected chi connectivity index (χ0v) is 6.88. The molecule has 0 N–H and O–H groups in total. The summed E-state index contributed by atoms with van der Waals surface area (Å²) in [5.74, 6) is 2.48. The Morgan fingerprint density at radius 1 is 1.18 bits per heavy atom. The van der Waals surface area contributed by atoms with Crippen LogP contribution in [0.4, 0.5) is 0 Å². The van der Waals surface area contributed by atoms with Crippen molar-refractivity contribution in [2.75, 3.05) is 0 Å². The molecule has 0 heterocycles. The predicted molar refractivity (Wildman–Crippen MR) is 47.2 cm³/mol. The average molecular weight is 145 g/mol. The van der Waals surface area contributed by atoms with Gasteiger partial charge in [0, 0.05) is 5.92 Å². The second kappa shape index (κ2) is 2.69. The van der Waals surface area contributed by atoms with Crippen molar-refractivity contribution in [2.24, 2.45) is 5.92 Å². The van der Waals surface area contributed by atoms with Crippen LogP contribution in [0.1, 0.15) is 25.3 Å². The topological polar surface area (TPSA) is 0 Å². The maximum atomic E-state index is 2.31. The fraction of sp³-hybridized carbons (Fsp3) is 0.364. The Morgan fingerprint density at radius 3 is 2.36 bits per heavy atom. The quantitative estimate of drug-likeness (QED) is 0.569. The van der Waals surface area contributed by atoms with E-state index < -0.39 is 0 Å². The molecule has 57 valence electrons. The van der Waals surface area contributed by atoms with Gasteiger partial charge in [0.25, 0.3) is 0 Å². The van der Waals surface area contributed by atoms with Crippen molar-refractivity contribution in [3.8, 4) is 0 Å². The van der Waals surface area contributed by atoms with Gasteiger partial charge in [0.1, 0.15) is 0 Å². The summed E-state index contributed by atoms with van der Waals surface area (Å²) in [4.78, 5) is 0. The van der Waals surface area contributed by atoms with Crippen LogP contribution in [0.5, 0.6) is 0 Å². The molecule has 1 aliphatic carbocycles. The Bertz CT molecular complexity index is 225. The Kier molecular flexibility index (Phi) is 1.69. The van der Waals surface area contributed by atoms with Gasteiger partial charge in [-0.15, -0.1) is 0 Å². The van der Waals surface area contributed by atoms with Crippen LogP contribution in [0.25, 0.3) is 0 Å². The maximum absolute atomic E-state index is 2.31. The van der Waals surface area contributed by atoms with Crippen molar-refractivity contribution in [2.45, 2.75) is 19.8 Å². The third-order valence-electron chi connectivity index (χ3n) is 2.59. The lowest BCUT2D eigenvalue weighted by atomic mass is 9.71. The van der Waals surface area contributed by atoms with Gasteiger partial charge in [0.2, 0.25) is 0 Å². The maximum Gasteiger partial charge on any atom is 0.00780 e. The van der Waals surface area contributed by atoms with Gasteiger partial charge in [-0.1, -0.05) is 37.3 Å². The minimum Gasteiger partial charge on any atom is -0.0622 e. The summed E-state index contributed by atoms with van der Waals surface area (Å²) in [6.07, 6.45) is 2.69. The lowest BCUT2D eigenvalue weighted by Gasteiger charge is -2.33. The van der Waals surface area contributed by atoms with Crippen LogP contribution in [0.2, 0.25) is 0 Å². The molecule has 0 nitrogen and oxygen atoms in total. The smallest absolute Gasteiger partial charge is 0.00780 e. The highest BCUT2D eigenvalue weighted by Crippen LogP contribution is 2.40. The van der Waals surface area contributed by atoms with Crippen LogP contribution in [-0.4, -0.2) is 0 Å². The molecule has 1 aliphatic rings. The summed E-state index contributed by atoms with van der Waals surface area (Å²) >= 11 is 0. The van der Waals surface area contributed by atoms with Gasteiger partial charge in [0.05, 0.1) is 0 Å². The SMILES string of the molecule is CC1CC[C]1c1ccccc1. The van der Waals surface area contributed by atoms with Crippen molar-refractivity contribution in [1.82, 2.24) is 0 Å². The van der Waals surface area contributed by atoms with Crippen LogP contribution in [-0.2, 0) is 0 Å². The minimum atomic E-state index is 0.831. The van der Waals surface area contributed by atoms with E-state index in [1.54, 1.807) is 5.92 Å². The van der Waals surface area contributed by atoms with Crippen molar-refractivity contribution in [3.63, 3.8) is 0 Å². The van der Waals surface area contributed by atoms with Crippen LogP contribution in [0.15, 0.2) is 30.3 Å². The first-order valence-electron chi connectivity index (χ1n) is 4.29. The lowest BCUT2D eigenvalue weighted by Crippen LogP contribution is -2.21. The molecule has 0 spiro atoms. The minimum absolute atomic E-state index is 0.831. The second-order valence-corrected chi connectivity index (χ2v) is 3.33. The molecule has 1 fully saturated rings. The van der Waals surface area contributed by atoms with Crippen LogP contribution >= 0.6 is 0 Å². The molecule has 0 aliphatic heterocycles. The molecule has 0 heteroatoms. The molecular weight excluding hydrogens is 132 g/mol. The van der Waals surface area contributed by atoms with Gasteiger partial charge < -0.3 is 0 Å². The van der Waals surface area contributed by atoms with Crippen molar-refractivity contribution in [3.05, 3.63) is 41.8 Å². The molecule has 0 amide bonds. The summed E-state index contributed by atoms with van der Waals surface area (Å²) in [5.41, 5.74) is 1.45. The van der Waals surface area contributed by atoms with E-state index in [1.807, 2.05) is 0 Å². The number of hydrogen-bond acceptors (Lipinski definition) is 0. The lowest BCUT2D eigenvalue weighted by molar-refractivity contribution is 0.414. The van der Waals surface area contributed by atoms with Crippen LogP contribution in [0, 0.1) is 11.8 Å². The van der Waals surface area contributed by atoms with Crippen molar-refractivity contribution < 1.29 is 0 Å². The van der Waals surface area contributed by atoms with E-state index in [1.165, 1.54) is 18.4 Å². The molecule has 0 bridgehead atoms. The third-order valence-corrected chi connectivity index (χ3v) is 2.59. The van der Waals surface area contributed by atoms with E-state index in [-0.39, 0.29) is 0 Å². The molecule has 2 rings (SSSR count). The third kappa shape index (κ3) is 1.18. The molecule has 1 aromatic rings. The number of benzene rings is 1. The molecule has 1 radical (unpaired) electrons. The zero-order valence-electron chi connectivity index (χ0n) is 6.88. The van der Waals surface area contributed by atoms with Gasteiger partial charge in [-0.25, -0.2) is 0 Å². The summed E-state index contributed by atoms with van der Waals surface area (Å²) < 4.78 is 0. The highest BCUT2D eigenvalue weighted by atomic mass is 14.3. The Labute approximate surface area is 68.3 Å². The zero-order chi connectivity index (χ0) is 7.68. The summed E-state index contributed by atoms with van der Waals surface area (Å²) in [5, 5.41) is 0. The normalized spacial score (nSPS) is 24.6. The first-order chi connectivity index (χ1) is 5.38. The largest absolute Gasteiger partial charge is 0.0622 e. The van der Waals surface area contributed by atoms with Gasteiger partial charge >= 0.3 is 0 Å². The molecule has 1 atom stereocenters. The van der Waals surface area contributed by atoms with Gasteiger partial charge in [-0.2, -0.15) is 0 Å². The van der Waals surface area contributed by atoms with Crippen molar-refractivity contribution >= 4 is 0 Å². The fourth-order valence-corrected chi connectivity index (χ4v) is 1.66. The second-order valence-electron chi connectivity index (χ2n) is 3.33. The molecular formula is C11H13. The van der Waals surface area contributed by atoms with Crippen LogP contribution < -0.4 is 0 Å². The van der Waals surface area contributed by atoms with Gasteiger partial charge in [0.15, 0.2) is 0 Å².